The Bertz CT molecular complexity index is 2410. The summed E-state index contributed by atoms with van der Waals surface area (Å²) in [5, 5.41) is 13.6. The summed E-state index contributed by atoms with van der Waals surface area (Å²) >= 11 is 6.24. The Kier molecular flexibility index (Phi) is 14.5. The second-order valence-electron chi connectivity index (χ2n) is 13.1. The van der Waals surface area contributed by atoms with E-state index >= 15 is 0 Å². The average Bonchev–Trinajstić information content (AvgIpc) is 3.63. The van der Waals surface area contributed by atoms with E-state index in [4.69, 9.17) is 39.6 Å². The van der Waals surface area contributed by atoms with E-state index in [0.29, 0.717) is 17.1 Å². The summed E-state index contributed by atoms with van der Waals surface area (Å²) in [4.78, 5) is 31.8. The van der Waals surface area contributed by atoms with E-state index in [9.17, 15) is 19.4 Å². The fraction of sp³-hybridized carbons (Fsp3) is 0.186. The fourth-order valence-electron chi connectivity index (χ4n) is 6.68. The van der Waals surface area contributed by atoms with Crippen molar-refractivity contribution in [1.29, 1.82) is 0 Å². The monoisotopic (exact) mass is 845 g/mol. The first-order chi connectivity index (χ1) is 28.1. The van der Waals surface area contributed by atoms with Gasteiger partial charge in [-0.3, -0.25) is 14.2 Å². The molecular weight excluding hydrogens is 808 g/mol. The van der Waals surface area contributed by atoms with Crippen LogP contribution in [0.3, 0.4) is 0 Å². The quantitative estimate of drug-likeness (QED) is 0.0949. The normalized spacial score (nSPS) is 17.7. The zero-order valence-electron chi connectivity index (χ0n) is 32.3. The average molecular weight is 846 g/mol. The summed E-state index contributed by atoms with van der Waals surface area (Å²) in [6.45, 7) is -0.221. The van der Waals surface area contributed by atoms with Crippen LogP contribution in [0.4, 0.5) is 0 Å². The maximum atomic E-state index is 13.6. The van der Waals surface area contributed by atoms with Crippen LogP contribution in [0.15, 0.2) is 151 Å². The van der Waals surface area contributed by atoms with Crippen molar-refractivity contribution >= 4 is 25.3 Å². The van der Waals surface area contributed by atoms with E-state index in [1.807, 2.05) is 78.9 Å². The first kappa shape index (κ1) is 43.8. The number of carbonyl (C=O) groups is 1. The number of para-hydroxylation sites is 1. The summed E-state index contributed by atoms with van der Waals surface area (Å²) in [5.74, 6) is 0.636. The van der Waals surface area contributed by atoms with Gasteiger partial charge in [-0.1, -0.05) is 96.5 Å². The third kappa shape index (κ3) is 10.2. The maximum absolute atomic E-state index is 13.6. The van der Waals surface area contributed by atoms with E-state index in [1.54, 1.807) is 56.7 Å². The van der Waals surface area contributed by atoms with Crippen LogP contribution in [0.25, 0.3) is 0 Å². The summed E-state index contributed by atoms with van der Waals surface area (Å²) < 4.78 is 50.4. The van der Waals surface area contributed by atoms with Crippen LogP contribution in [0.2, 0.25) is 5.02 Å². The molecule has 16 heteroatoms. The number of hydrogen-bond acceptors (Lipinski definition) is 10. The molecule has 1 N–H and O–H groups in total. The van der Waals surface area contributed by atoms with Crippen LogP contribution in [-0.4, -0.2) is 53.4 Å². The molecule has 13 nitrogen and oxygen atoms in total. The third-order valence-corrected chi connectivity index (χ3v) is 10.8. The van der Waals surface area contributed by atoms with Gasteiger partial charge in [-0.05, 0) is 71.3 Å². The number of methoxy groups -OCH3 is 2. The van der Waals surface area contributed by atoms with Gasteiger partial charge in [-0.25, -0.2) is 9.55 Å². The van der Waals surface area contributed by atoms with Crippen molar-refractivity contribution in [3.63, 3.8) is 0 Å². The van der Waals surface area contributed by atoms with Gasteiger partial charge in [0.05, 0.1) is 31.9 Å². The molecule has 1 saturated heterocycles. The number of phosphoric acid groups is 1. The van der Waals surface area contributed by atoms with Gasteiger partial charge in [0.2, 0.25) is 0 Å². The number of aromatic nitrogens is 2. The molecule has 1 aliphatic heterocycles. The van der Waals surface area contributed by atoms with Gasteiger partial charge < -0.3 is 33.1 Å². The summed E-state index contributed by atoms with van der Waals surface area (Å²) in [5.41, 5.74) is 1.18. The summed E-state index contributed by atoms with van der Waals surface area (Å²) in [6.07, 6.45) is -1.99. The van der Waals surface area contributed by atoms with Gasteiger partial charge in [0.25, 0.3) is 5.91 Å². The van der Waals surface area contributed by atoms with Crippen LogP contribution >= 0.6 is 19.4 Å². The van der Waals surface area contributed by atoms with Gasteiger partial charge in [-0.2, -0.15) is 4.99 Å². The van der Waals surface area contributed by atoms with Crippen molar-refractivity contribution in [1.82, 2.24) is 9.55 Å². The Balaban J connectivity index is 0.00000585. The molecule has 59 heavy (non-hydrogen) atoms. The first-order valence-electron chi connectivity index (χ1n) is 18.1. The smallest absolute Gasteiger partial charge is 0.846 e. The number of phosphoric ester groups is 1. The number of ether oxygens (including phenoxy) is 4. The van der Waals surface area contributed by atoms with Gasteiger partial charge in [0, 0.05) is 18.2 Å². The molecule has 6 aromatic rings. The molecule has 1 aliphatic rings. The van der Waals surface area contributed by atoms with E-state index in [1.165, 1.54) is 29.0 Å². The molecule has 0 saturated carbocycles. The van der Waals surface area contributed by atoms with Crippen molar-refractivity contribution in [3.05, 3.63) is 178 Å². The Morgan fingerprint density at radius 1 is 0.864 bits per heavy atom. The van der Waals surface area contributed by atoms with Crippen LogP contribution in [-0.2, 0) is 24.2 Å². The van der Waals surface area contributed by atoms with Crippen molar-refractivity contribution in [2.45, 2.75) is 30.5 Å². The topological polar surface area (TPSA) is 163 Å². The number of nitrogens with zero attached hydrogens (tertiary/aromatic N) is 3. The number of rotatable bonds is 14. The fourth-order valence-corrected chi connectivity index (χ4v) is 7.93. The molecule has 5 aromatic carbocycles. The van der Waals surface area contributed by atoms with E-state index in [-0.39, 0.29) is 58.8 Å². The minimum atomic E-state index is -4.87. The molecule has 0 radical (unpaired) electrons. The van der Waals surface area contributed by atoms with Crippen molar-refractivity contribution in [3.8, 4) is 23.3 Å². The minimum absolute atomic E-state index is 0. The predicted octanol–water partition coefficient (Wildman–Crippen LogP) is 4.23. The van der Waals surface area contributed by atoms with Gasteiger partial charge in [0.1, 0.15) is 41.3 Å². The first-order valence-corrected chi connectivity index (χ1v) is 20.0. The molecule has 0 spiro atoms. The SMILES string of the molecule is COc1ccc(C(OC[C@H]2O[C@@H](n3ccc(=NC(=O)c4ccccc4)nc3[O-])C[C@@H]2OP(=O)(O)Oc2ccccc2Cl)(c2ccccc2)c2ccc(OC)cc2)cc1.[Na+]. The van der Waals surface area contributed by atoms with Gasteiger partial charge >= 0.3 is 37.4 Å². The Hall–Kier alpha value is -4.79. The van der Waals surface area contributed by atoms with Gasteiger partial charge in [0.15, 0.2) is 5.49 Å². The number of hydrogen-bond donors (Lipinski definition) is 1. The number of amides is 1. The van der Waals surface area contributed by atoms with E-state index in [2.05, 4.69) is 9.98 Å². The van der Waals surface area contributed by atoms with Crippen LogP contribution < -0.4 is 54.1 Å². The second-order valence-corrected chi connectivity index (χ2v) is 14.8. The van der Waals surface area contributed by atoms with Gasteiger partial charge in [-0.15, -0.1) is 0 Å². The van der Waals surface area contributed by atoms with Crippen molar-refractivity contribution in [2.24, 2.45) is 4.99 Å². The maximum Gasteiger partial charge on any atom is 1.00 e. The largest absolute Gasteiger partial charge is 1.00 e. The summed E-state index contributed by atoms with van der Waals surface area (Å²) in [7, 11) is -1.71. The molecule has 2 heterocycles. The number of halogens is 1. The molecule has 1 unspecified atom stereocenters. The zero-order valence-corrected chi connectivity index (χ0v) is 35.9. The van der Waals surface area contributed by atoms with Crippen LogP contribution in [0.1, 0.15) is 39.7 Å². The predicted molar refractivity (Wildman–Crippen MR) is 212 cm³/mol. The van der Waals surface area contributed by atoms with Crippen LogP contribution in [0.5, 0.6) is 23.3 Å². The molecule has 0 aliphatic carbocycles. The second kappa shape index (κ2) is 19.5. The molecule has 1 amide bonds. The zero-order chi connectivity index (χ0) is 40.7. The molecular formula is C43H38ClN3NaO10P. The van der Waals surface area contributed by atoms with Crippen molar-refractivity contribution < 1.29 is 76.9 Å². The molecule has 298 valence electrons. The van der Waals surface area contributed by atoms with Crippen LogP contribution in [0, 0.1) is 0 Å². The molecule has 1 fully saturated rings. The molecule has 7 rings (SSSR count). The Morgan fingerprint density at radius 2 is 1.42 bits per heavy atom. The van der Waals surface area contributed by atoms with E-state index < -0.39 is 43.8 Å². The molecule has 4 atom stereocenters. The number of carbonyl (C=O) groups excluding carboxylic acids is 1. The van der Waals surface area contributed by atoms with E-state index in [0.717, 1.165) is 16.7 Å². The molecule has 1 aromatic heterocycles. The Morgan fingerprint density at radius 3 is 2.00 bits per heavy atom. The standard InChI is InChI=1S/C43H39ClN3O10P.Na/c1-52-33-21-17-31(18-22-33)43(30-13-7-4-8-14-30,32-19-23-34(53-2)24-20-32)54-28-38-37(57-58(50,51)56-36-16-10-9-15-35(36)44)27-40(55-38)47-26-25-39(46-42(47)49)45-41(48)29-11-5-3-6-12-29;/h3-26,37-38,40H,27-28H2,1-2H3,(H,50,51)(H,45,46,48,49);/q;+1/p-1/t37-,38+,40+;/m0./s1. The summed E-state index contributed by atoms with van der Waals surface area (Å²) in [6, 6.07) is 39.6. The Labute approximate surface area is 367 Å². The molecule has 0 bridgehead atoms. The third-order valence-electron chi connectivity index (χ3n) is 9.50. The minimum Gasteiger partial charge on any atom is -0.846 e. The van der Waals surface area contributed by atoms with Crippen molar-refractivity contribution in [2.75, 3.05) is 20.8 Å². The number of benzene rings is 5.